The van der Waals surface area contributed by atoms with Gasteiger partial charge in [0.2, 0.25) is 0 Å². The Kier molecular flexibility index (Phi) is 4.60. The van der Waals surface area contributed by atoms with Crippen molar-refractivity contribution in [1.82, 2.24) is 25.0 Å². The van der Waals surface area contributed by atoms with Crippen LogP contribution in [0.25, 0.3) is 0 Å². The number of thiazole rings is 1. The predicted molar refractivity (Wildman–Crippen MR) is 97.6 cm³/mol. The number of H-pyrrole nitrogens is 1. The van der Waals surface area contributed by atoms with Gasteiger partial charge >= 0.3 is 0 Å². The minimum absolute atomic E-state index is 0.0772. The van der Waals surface area contributed by atoms with Crippen molar-refractivity contribution in [3.05, 3.63) is 34.0 Å². The van der Waals surface area contributed by atoms with Crippen LogP contribution in [0.3, 0.4) is 0 Å². The highest BCUT2D eigenvalue weighted by atomic mass is 32.1. The maximum Gasteiger partial charge on any atom is 0.274 e. The summed E-state index contributed by atoms with van der Waals surface area (Å²) < 4.78 is 0. The van der Waals surface area contributed by atoms with Crippen LogP contribution in [0.5, 0.6) is 0 Å². The number of nitrogens with one attached hydrogen (secondary N) is 1. The van der Waals surface area contributed by atoms with Crippen molar-refractivity contribution < 1.29 is 4.79 Å². The molecule has 2 aromatic rings. The maximum absolute atomic E-state index is 13.0. The number of rotatable bonds is 4. The van der Waals surface area contributed by atoms with Crippen LogP contribution in [-0.2, 0) is 6.54 Å². The Hall–Kier alpha value is -1.73. The highest BCUT2D eigenvalue weighted by molar-refractivity contribution is 7.07. The Morgan fingerprint density at radius 1 is 1.36 bits per heavy atom. The van der Waals surface area contributed by atoms with E-state index in [1.807, 2.05) is 11.6 Å². The summed E-state index contributed by atoms with van der Waals surface area (Å²) in [5.41, 5.74) is 4.61. The van der Waals surface area contributed by atoms with Crippen LogP contribution in [0.1, 0.15) is 54.5 Å². The van der Waals surface area contributed by atoms with Crippen molar-refractivity contribution in [3.63, 3.8) is 0 Å². The third-order valence-corrected chi connectivity index (χ3v) is 5.99. The molecule has 3 fully saturated rings. The zero-order valence-corrected chi connectivity index (χ0v) is 15.6. The third-order valence-electron chi connectivity index (χ3n) is 5.36. The van der Waals surface area contributed by atoms with Crippen molar-refractivity contribution >= 4 is 17.2 Å². The lowest BCUT2D eigenvalue weighted by molar-refractivity contribution is 0.0578. The molecule has 0 aliphatic carbocycles. The first-order chi connectivity index (χ1) is 12.1. The fourth-order valence-corrected chi connectivity index (χ4v) is 4.54. The normalized spacial score (nSPS) is 24.0. The molecule has 134 valence electrons. The first-order valence-corrected chi connectivity index (χ1v) is 10.00. The van der Waals surface area contributed by atoms with E-state index in [0.29, 0.717) is 17.5 Å². The van der Waals surface area contributed by atoms with E-state index >= 15 is 0 Å². The van der Waals surface area contributed by atoms with Crippen LogP contribution < -0.4 is 0 Å². The first kappa shape index (κ1) is 16.7. The highest BCUT2D eigenvalue weighted by Crippen LogP contribution is 2.30. The fourth-order valence-electron chi connectivity index (χ4n) is 3.99. The molecule has 0 spiro atoms. The van der Waals surface area contributed by atoms with Crippen LogP contribution in [0, 0.1) is 5.92 Å². The first-order valence-electron chi connectivity index (χ1n) is 9.06. The van der Waals surface area contributed by atoms with Crippen molar-refractivity contribution in [2.75, 3.05) is 19.6 Å². The molecule has 2 aromatic heterocycles. The predicted octanol–water partition coefficient (Wildman–Crippen LogP) is 2.73. The largest absolute Gasteiger partial charge is 0.333 e. The van der Waals surface area contributed by atoms with Crippen LogP contribution in [-0.4, -0.2) is 56.6 Å². The second-order valence-electron chi connectivity index (χ2n) is 7.59. The Balaban J connectivity index is 1.48. The molecule has 0 radical (unpaired) electrons. The van der Waals surface area contributed by atoms with Gasteiger partial charge in [0.05, 0.1) is 11.2 Å². The van der Waals surface area contributed by atoms with E-state index in [9.17, 15) is 4.79 Å². The summed E-state index contributed by atoms with van der Waals surface area (Å²) >= 11 is 1.64. The topological polar surface area (TPSA) is 65.1 Å². The smallest absolute Gasteiger partial charge is 0.274 e. The number of amides is 1. The van der Waals surface area contributed by atoms with Crippen LogP contribution >= 0.6 is 11.3 Å². The molecule has 0 aromatic carbocycles. The minimum atomic E-state index is 0.0772. The van der Waals surface area contributed by atoms with Crippen LogP contribution in [0.2, 0.25) is 0 Å². The Morgan fingerprint density at radius 2 is 2.24 bits per heavy atom. The summed E-state index contributed by atoms with van der Waals surface area (Å²) in [7, 11) is 0. The molecule has 6 nitrogen and oxygen atoms in total. The number of carbonyl (C=O) groups excluding carboxylic acids is 1. The molecule has 3 aliphatic heterocycles. The monoisotopic (exact) mass is 359 g/mol. The molecular weight excluding hydrogens is 334 g/mol. The zero-order chi connectivity index (χ0) is 17.4. The SMILES string of the molecule is CC(C)c1cc(C(=O)N2CC3CCC2CN(Cc2cscn2)C3)n[nH]1. The second kappa shape index (κ2) is 6.88. The number of hydrogen-bond donors (Lipinski definition) is 1. The summed E-state index contributed by atoms with van der Waals surface area (Å²) in [6.07, 6.45) is 2.30. The Bertz CT molecular complexity index is 726. The molecule has 3 saturated heterocycles. The summed E-state index contributed by atoms with van der Waals surface area (Å²) in [5, 5.41) is 9.39. The molecule has 1 amide bonds. The zero-order valence-electron chi connectivity index (χ0n) is 14.8. The lowest BCUT2D eigenvalue weighted by Gasteiger charge is -2.35. The number of aromatic amines is 1. The van der Waals surface area contributed by atoms with Gasteiger partial charge in [0, 0.05) is 43.3 Å². The van der Waals surface area contributed by atoms with Crippen molar-refractivity contribution in [3.8, 4) is 0 Å². The summed E-state index contributed by atoms with van der Waals surface area (Å²) in [4.78, 5) is 22.0. The quantitative estimate of drug-likeness (QED) is 0.912. The van der Waals surface area contributed by atoms with Crippen LogP contribution in [0.4, 0.5) is 0 Å². The van der Waals surface area contributed by atoms with E-state index in [4.69, 9.17) is 0 Å². The molecule has 1 N–H and O–H groups in total. The standard InChI is InChI=1S/C18H25N5OS/c1-12(2)16-5-17(21-20-16)18(24)23-7-13-3-4-15(23)9-22(6-13)8-14-10-25-11-19-14/h5,10-13,15H,3-4,6-9H2,1-2H3,(H,20,21). The van der Waals surface area contributed by atoms with E-state index in [-0.39, 0.29) is 11.9 Å². The molecule has 25 heavy (non-hydrogen) atoms. The average Bonchev–Trinajstić information content (AvgIpc) is 3.20. The van der Waals surface area contributed by atoms with Crippen molar-refractivity contribution in [2.24, 2.45) is 5.92 Å². The van der Waals surface area contributed by atoms with Gasteiger partial charge in [0.25, 0.3) is 5.91 Å². The number of carbonyl (C=O) groups is 1. The van der Waals surface area contributed by atoms with Gasteiger partial charge < -0.3 is 4.90 Å². The lowest BCUT2D eigenvalue weighted by atomic mass is 9.94. The van der Waals surface area contributed by atoms with Gasteiger partial charge in [0.1, 0.15) is 5.69 Å². The summed E-state index contributed by atoms with van der Waals surface area (Å²) in [5.74, 6) is 0.974. The van der Waals surface area contributed by atoms with Crippen molar-refractivity contribution in [2.45, 2.75) is 45.2 Å². The van der Waals surface area contributed by atoms with Gasteiger partial charge in [-0.15, -0.1) is 11.3 Å². The molecule has 2 unspecified atom stereocenters. The molecule has 5 rings (SSSR count). The van der Waals surface area contributed by atoms with Crippen LogP contribution in [0.15, 0.2) is 17.0 Å². The average molecular weight is 359 g/mol. The van der Waals surface area contributed by atoms with Gasteiger partial charge in [-0.1, -0.05) is 13.8 Å². The Morgan fingerprint density at radius 3 is 2.96 bits per heavy atom. The van der Waals surface area contributed by atoms with Gasteiger partial charge in [-0.05, 0) is 30.7 Å². The fraction of sp³-hybridized carbons (Fsp3) is 0.611. The molecule has 0 saturated carbocycles. The Labute approximate surface area is 152 Å². The highest BCUT2D eigenvalue weighted by Gasteiger charge is 2.38. The van der Waals surface area contributed by atoms with Gasteiger partial charge in [0.15, 0.2) is 0 Å². The molecule has 5 heterocycles. The van der Waals surface area contributed by atoms with E-state index in [1.165, 1.54) is 6.42 Å². The summed E-state index contributed by atoms with van der Waals surface area (Å²) in [6.45, 7) is 7.92. The molecule has 2 bridgehead atoms. The lowest BCUT2D eigenvalue weighted by Crippen LogP contribution is -2.47. The molecule has 3 aliphatic rings. The molecule has 2 atom stereocenters. The minimum Gasteiger partial charge on any atom is -0.333 e. The second-order valence-corrected chi connectivity index (χ2v) is 8.31. The number of fused-ring (bicyclic) bond motifs is 4. The van der Waals surface area contributed by atoms with E-state index in [2.05, 4.69) is 44.2 Å². The summed E-state index contributed by atoms with van der Waals surface area (Å²) in [6, 6.07) is 2.20. The van der Waals surface area contributed by atoms with Gasteiger partial charge in [-0.3, -0.25) is 14.8 Å². The van der Waals surface area contributed by atoms with E-state index in [0.717, 1.165) is 44.0 Å². The van der Waals surface area contributed by atoms with Crippen molar-refractivity contribution in [1.29, 1.82) is 0 Å². The number of piperidine rings is 1. The number of nitrogens with zero attached hydrogens (tertiary/aromatic N) is 4. The van der Waals surface area contributed by atoms with E-state index < -0.39 is 0 Å². The third kappa shape index (κ3) is 3.48. The molecule has 7 heteroatoms. The number of hydrogen-bond acceptors (Lipinski definition) is 5. The van der Waals surface area contributed by atoms with E-state index in [1.54, 1.807) is 11.3 Å². The molecular formula is C18H25N5OS. The number of aromatic nitrogens is 3. The van der Waals surface area contributed by atoms with Gasteiger partial charge in [-0.2, -0.15) is 5.10 Å². The van der Waals surface area contributed by atoms with Gasteiger partial charge in [-0.25, -0.2) is 4.98 Å². The maximum atomic E-state index is 13.0.